The summed E-state index contributed by atoms with van der Waals surface area (Å²) < 4.78 is 0. The Morgan fingerprint density at radius 1 is 0.800 bits per heavy atom. The Balaban J connectivity index is 1.92. The second kappa shape index (κ2) is 8.50. The smallest absolute Gasteiger partial charge is 0.233 e. The molecule has 0 aliphatic rings. The van der Waals surface area contributed by atoms with E-state index in [0.717, 1.165) is 0 Å². The van der Waals surface area contributed by atoms with Gasteiger partial charge in [-0.15, -0.1) is 0 Å². The fraction of sp³-hybridized carbons (Fsp3) is 0.118. The van der Waals surface area contributed by atoms with Crippen LogP contribution >= 0.6 is 23.2 Å². The van der Waals surface area contributed by atoms with Gasteiger partial charge in [0, 0.05) is 24.0 Å². The topological polar surface area (TPSA) is 87.3 Å². The zero-order valence-electron chi connectivity index (χ0n) is 13.2. The number of anilines is 3. The second-order valence-corrected chi connectivity index (χ2v) is 5.98. The molecule has 2 aromatic carbocycles. The van der Waals surface area contributed by atoms with Crippen molar-refractivity contribution in [3.8, 4) is 0 Å². The highest BCUT2D eigenvalue weighted by molar-refractivity contribution is 6.42. The maximum atomic E-state index is 12.0. The van der Waals surface area contributed by atoms with Crippen LogP contribution in [0.5, 0.6) is 0 Å². The number of hydrogen-bond donors (Lipinski definition) is 3. The second-order valence-electron chi connectivity index (χ2n) is 5.16. The molecule has 6 nitrogen and oxygen atoms in total. The first-order chi connectivity index (χ1) is 11.8. The molecule has 0 fully saturated rings. The van der Waals surface area contributed by atoms with Gasteiger partial charge in [-0.25, -0.2) is 0 Å². The van der Waals surface area contributed by atoms with Crippen LogP contribution < -0.4 is 16.0 Å². The largest absolute Gasteiger partial charge is 0.326 e. The number of benzene rings is 2. The monoisotopic (exact) mass is 379 g/mol. The van der Waals surface area contributed by atoms with Crippen LogP contribution in [0.4, 0.5) is 17.1 Å². The zero-order chi connectivity index (χ0) is 18.4. The SMILES string of the molecule is CC(=O)Nc1cccc(NC(=O)CC(=O)Nc2ccc(Cl)c(Cl)c2)c1. The van der Waals surface area contributed by atoms with Crippen molar-refractivity contribution in [2.45, 2.75) is 13.3 Å². The molecule has 25 heavy (non-hydrogen) atoms. The summed E-state index contributed by atoms with van der Waals surface area (Å²) in [5.74, 6) is -1.20. The highest BCUT2D eigenvalue weighted by Crippen LogP contribution is 2.25. The van der Waals surface area contributed by atoms with Crippen molar-refractivity contribution >= 4 is 58.0 Å². The molecule has 0 saturated carbocycles. The number of carbonyl (C=O) groups is 3. The summed E-state index contributed by atoms with van der Waals surface area (Å²) >= 11 is 11.7. The summed E-state index contributed by atoms with van der Waals surface area (Å²) in [6.45, 7) is 1.39. The summed E-state index contributed by atoms with van der Waals surface area (Å²) in [6, 6.07) is 11.2. The van der Waals surface area contributed by atoms with Crippen molar-refractivity contribution in [3.63, 3.8) is 0 Å². The van der Waals surface area contributed by atoms with Gasteiger partial charge in [0.1, 0.15) is 6.42 Å². The van der Waals surface area contributed by atoms with Gasteiger partial charge >= 0.3 is 0 Å². The molecule has 3 amide bonds. The normalized spacial score (nSPS) is 10.0. The average Bonchev–Trinajstić information content (AvgIpc) is 2.50. The highest BCUT2D eigenvalue weighted by atomic mass is 35.5. The van der Waals surface area contributed by atoms with E-state index in [2.05, 4.69) is 16.0 Å². The number of amides is 3. The molecule has 0 unspecified atom stereocenters. The van der Waals surface area contributed by atoms with Gasteiger partial charge in [-0.2, -0.15) is 0 Å². The van der Waals surface area contributed by atoms with Crippen LogP contribution in [0.1, 0.15) is 13.3 Å². The summed E-state index contributed by atoms with van der Waals surface area (Å²) in [7, 11) is 0. The Kier molecular flexibility index (Phi) is 6.38. The molecule has 0 bridgehead atoms. The minimum atomic E-state index is -0.492. The van der Waals surface area contributed by atoms with Gasteiger partial charge in [-0.1, -0.05) is 29.3 Å². The molecule has 2 aromatic rings. The molecule has 2 rings (SSSR count). The maximum absolute atomic E-state index is 12.0. The van der Waals surface area contributed by atoms with E-state index in [1.165, 1.54) is 13.0 Å². The molecule has 3 N–H and O–H groups in total. The molecule has 0 radical (unpaired) electrons. The molecular weight excluding hydrogens is 365 g/mol. The lowest BCUT2D eigenvalue weighted by atomic mass is 10.2. The number of carbonyl (C=O) groups excluding carboxylic acids is 3. The molecule has 0 aliphatic carbocycles. The van der Waals surface area contributed by atoms with Gasteiger partial charge in [0.05, 0.1) is 10.0 Å². The lowest BCUT2D eigenvalue weighted by Crippen LogP contribution is -2.21. The number of nitrogens with one attached hydrogen (secondary N) is 3. The van der Waals surface area contributed by atoms with Crippen molar-refractivity contribution in [3.05, 3.63) is 52.5 Å². The standard InChI is InChI=1S/C17H15Cl2N3O3/c1-10(23)20-11-3-2-4-12(7-11)21-16(24)9-17(25)22-13-5-6-14(18)15(19)8-13/h2-8H,9H2,1H3,(H,20,23)(H,21,24)(H,22,25). The molecule has 0 aliphatic heterocycles. The third kappa shape index (κ3) is 6.10. The van der Waals surface area contributed by atoms with Crippen LogP contribution in [0.3, 0.4) is 0 Å². The zero-order valence-corrected chi connectivity index (χ0v) is 14.7. The van der Waals surface area contributed by atoms with Crippen LogP contribution in [-0.2, 0) is 14.4 Å². The van der Waals surface area contributed by atoms with Gasteiger partial charge in [0.15, 0.2) is 0 Å². The maximum Gasteiger partial charge on any atom is 0.233 e. The van der Waals surface area contributed by atoms with Crippen molar-refractivity contribution in [2.24, 2.45) is 0 Å². The summed E-state index contributed by atoms with van der Waals surface area (Å²) in [6.07, 6.45) is -0.370. The van der Waals surface area contributed by atoms with Gasteiger partial charge in [0.2, 0.25) is 17.7 Å². The fourth-order valence-corrected chi connectivity index (χ4v) is 2.31. The van der Waals surface area contributed by atoms with E-state index in [4.69, 9.17) is 23.2 Å². The molecule has 0 spiro atoms. The molecule has 0 heterocycles. The van der Waals surface area contributed by atoms with Gasteiger partial charge < -0.3 is 16.0 Å². The molecule has 130 valence electrons. The Labute approximate surface area is 154 Å². The van der Waals surface area contributed by atoms with E-state index < -0.39 is 11.8 Å². The third-order valence-corrected chi connectivity index (χ3v) is 3.73. The first kappa shape index (κ1) is 18.8. The average molecular weight is 380 g/mol. The van der Waals surface area contributed by atoms with Gasteiger partial charge in [-0.05, 0) is 36.4 Å². The molecule has 8 heteroatoms. The van der Waals surface area contributed by atoms with Gasteiger partial charge in [0.25, 0.3) is 0 Å². The van der Waals surface area contributed by atoms with Crippen molar-refractivity contribution < 1.29 is 14.4 Å². The first-order valence-electron chi connectivity index (χ1n) is 7.26. The first-order valence-corrected chi connectivity index (χ1v) is 8.01. The van der Waals surface area contributed by atoms with E-state index in [-0.39, 0.29) is 12.3 Å². The number of rotatable bonds is 5. The van der Waals surface area contributed by atoms with Crippen molar-refractivity contribution in [2.75, 3.05) is 16.0 Å². The predicted octanol–water partition coefficient (Wildman–Crippen LogP) is 3.92. The minimum Gasteiger partial charge on any atom is -0.326 e. The molecule has 0 aromatic heterocycles. The Bertz CT molecular complexity index is 825. The van der Waals surface area contributed by atoms with Crippen LogP contribution in [0, 0.1) is 0 Å². The van der Waals surface area contributed by atoms with Gasteiger partial charge in [-0.3, -0.25) is 14.4 Å². The number of hydrogen-bond acceptors (Lipinski definition) is 3. The van der Waals surface area contributed by atoms with Crippen LogP contribution in [0.15, 0.2) is 42.5 Å². The highest BCUT2D eigenvalue weighted by Gasteiger charge is 2.11. The molecule has 0 atom stereocenters. The van der Waals surface area contributed by atoms with Crippen molar-refractivity contribution in [1.29, 1.82) is 0 Å². The molecule has 0 saturated heterocycles. The Morgan fingerprint density at radius 2 is 1.36 bits per heavy atom. The quantitative estimate of drug-likeness (QED) is 0.687. The lowest BCUT2D eigenvalue weighted by Gasteiger charge is -2.09. The van der Waals surface area contributed by atoms with Crippen LogP contribution in [0.2, 0.25) is 10.0 Å². The summed E-state index contributed by atoms with van der Waals surface area (Å²) in [4.78, 5) is 34.9. The van der Waals surface area contributed by atoms with Crippen molar-refractivity contribution in [1.82, 2.24) is 0 Å². The summed E-state index contributed by atoms with van der Waals surface area (Å²) in [5, 5.41) is 8.44. The lowest BCUT2D eigenvalue weighted by molar-refractivity contribution is -0.123. The van der Waals surface area contributed by atoms with E-state index in [1.807, 2.05) is 0 Å². The van der Waals surface area contributed by atoms with E-state index in [0.29, 0.717) is 27.1 Å². The number of halogens is 2. The summed E-state index contributed by atoms with van der Waals surface area (Å²) in [5.41, 5.74) is 1.46. The molecular formula is C17H15Cl2N3O3. The van der Waals surface area contributed by atoms with Crippen LogP contribution in [-0.4, -0.2) is 17.7 Å². The third-order valence-electron chi connectivity index (χ3n) is 2.99. The Morgan fingerprint density at radius 3 is 1.92 bits per heavy atom. The fourth-order valence-electron chi connectivity index (χ4n) is 2.01. The van der Waals surface area contributed by atoms with E-state index >= 15 is 0 Å². The minimum absolute atomic E-state index is 0.218. The Hall–Kier alpha value is -2.57. The van der Waals surface area contributed by atoms with E-state index in [1.54, 1.807) is 36.4 Å². The predicted molar refractivity (Wildman–Crippen MR) is 99.1 cm³/mol. The van der Waals surface area contributed by atoms with E-state index in [9.17, 15) is 14.4 Å². The van der Waals surface area contributed by atoms with Crippen LogP contribution in [0.25, 0.3) is 0 Å².